The Morgan fingerprint density at radius 1 is 1.25 bits per heavy atom. The molecular weight excluding hydrogens is 224 g/mol. The molecule has 0 saturated carbocycles. The fourth-order valence-electron chi connectivity index (χ4n) is 1.27. The molecular formula is C11H11ClN4. The molecule has 5 heteroatoms. The monoisotopic (exact) mass is 234 g/mol. The molecule has 2 aromatic rings. The highest BCUT2D eigenvalue weighted by Gasteiger charge is 1.97. The van der Waals surface area contributed by atoms with Crippen LogP contribution in [0.4, 0.5) is 5.82 Å². The van der Waals surface area contributed by atoms with Crippen LogP contribution in [-0.4, -0.2) is 15.0 Å². The number of hydrogen-bond acceptors (Lipinski definition) is 4. The second-order valence-corrected chi connectivity index (χ2v) is 3.75. The van der Waals surface area contributed by atoms with Gasteiger partial charge in [-0.1, -0.05) is 11.6 Å². The van der Waals surface area contributed by atoms with Crippen LogP contribution >= 0.6 is 11.6 Å². The zero-order valence-electron chi connectivity index (χ0n) is 8.81. The Labute approximate surface area is 98.7 Å². The lowest BCUT2D eigenvalue weighted by Crippen LogP contribution is -2.04. The lowest BCUT2D eigenvalue weighted by atomic mass is 10.4. The van der Waals surface area contributed by atoms with Crippen molar-refractivity contribution in [2.45, 2.75) is 13.5 Å². The number of nitrogens with zero attached hydrogens (tertiary/aromatic N) is 3. The van der Waals surface area contributed by atoms with Gasteiger partial charge in [-0.25, -0.2) is 15.0 Å². The van der Waals surface area contributed by atoms with Crippen LogP contribution in [0.3, 0.4) is 0 Å². The van der Waals surface area contributed by atoms with Crippen molar-refractivity contribution in [3.05, 3.63) is 47.1 Å². The molecule has 0 aliphatic heterocycles. The highest BCUT2D eigenvalue weighted by molar-refractivity contribution is 6.30. The molecule has 0 aromatic carbocycles. The summed E-state index contributed by atoms with van der Waals surface area (Å²) < 4.78 is 0. The van der Waals surface area contributed by atoms with Crippen LogP contribution in [0.25, 0.3) is 0 Å². The number of aryl methyl sites for hydroxylation is 1. The fourth-order valence-corrected chi connectivity index (χ4v) is 1.38. The predicted octanol–water partition coefficient (Wildman–Crippen LogP) is 2.45. The van der Waals surface area contributed by atoms with Gasteiger partial charge in [-0.15, -0.1) is 0 Å². The summed E-state index contributed by atoms with van der Waals surface area (Å²) in [6.45, 7) is 2.49. The van der Waals surface area contributed by atoms with Crippen LogP contribution in [0, 0.1) is 6.92 Å². The number of hydrogen-bond donors (Lipinski definition) is 1. The van der Waals surface area contributed by atoms with Crippen molar-refractivity contribution in [1.82, 2.24) is 15.0 Å². The van der Waals surface area contributed by atoms with Crippen molar-refractivity contribution in [2.24, 2.45) is 0 Å². The van der Waals surface area contributed by atoms with Crippen molar-refractivity contribution in [2.75, 3.05) is 5.32 Å². The molecule has 1 N–H and O–H groups in total. The van der Waals surface area contributed by atoms with Crippen molar-refractivity contribution < 1.29 is 0 Å². The Bertz CT molecular complexity index is 470. The molecule has 0 bridgehead atoms. The Morgan fingerprint density at radius 2 is 2.12 bits per heavy atom. The molecule has 0 fully saturated rings. The first-order chi connectivity index (χ1) is 7.74. The molecule has 4 nitrogen and oxygen atoms in total. The van der Waals surface area contributed by atoms with E-state index < -0.39 is 0 Å². The third-order valence-electron chi connectivity index (χ3n) is 2.01. The van der Waals surface area contributed by atoms with Gasteiger partial charge in [-0.3, -0.25) is 0 Å². The van der Waals surface area contributed by atoms with Gasteiger partial charge in [0.25, 0.3) is 0 Å². The third kappa shape index (κ3) is 2.90. The minimum absolute atomic E-state index is 0.623. The summed E-state index contributed by atoms with van der Waals surface area (Å²) in [4.78, 5) is 12.4. The lowest BCUT2D eigenvalue weighted by Gasteiger charge is -2.04. The first kappa shape index (κ1) is 10.8. The van der Waals surface area contributed by atoms with E-state index >= 15 is 0 Å². The van der Waals surface area contributed by atoms with Crippen molar-refractivity contribution in [1.29, 1.82) is 0 Å². The van der Waals surface area contributed by atoms with Crippen molar-refractivity contribution >= 4 is 17.4 Å². The van der Waals surface area contributed by atoms with E-state index in [2.05, 4.69) is 20.3 Å². The maximum absolute atomic E-state index is 5.74. The zero-order valence-corrected chi connectivity index (χ0v) is 9.57. The smallest absolute Gasteiger partial charge is 0.126 e. The summed E-state index contributed by atoms with van der Waals surface area (Å²) >= 11 is 5.74. The highest BCUT2D eigenvalue weighted by Crippen LogP contribution is 2.10. The molecule has 2 aromatic heterocycles. The van der Waals surface area contributed by atoms with Gasteiger partial charge in [-0.2, -0.15) is 0 Å². The van der Waals surface area contributed by atoms with Crippen molar-refractivity contribution in [3.63, 3.8) is 0 Å². The molecule has 16 heavy (non-hydrogen) atoms. The molecule has 0 aliphatic carbocycles. The Balaban J connectivity index is 1.99. The first-order valence-electron chi connectivity index (χ1n) is 4.88. The van der Waals surface area contributed by atoms with Crippen molar-refractivity contribution in [3.8, 4) is 0 Å². The quantitative estimate of drug-likeness (QED) is 0.886. The molecule has 0 amide bonds. The zero-order chi connectivity index (χ0) is 11.4. The summed E-state index contributed by atoms with van der Waals surface area (Å²) in [5.41, 5.74) is 0.934. The van der Waals surface area contributed by atoms with Gasteiger partial charge < -0.3 is 5.32 Å². The molecule has 82 valence electrons. The van der Waals surface area contributed by atoms with Gasteiger partial charge in [0.1, 0.15) is 11.6 Å². The van der Waals surface area contributed by atoms with Gasteiger partial charge in [0.2, 0.25) is 0 Å². The molecule has 0 spiro atoms. The van der Waals surface area contributed by atoms with Gasteiger partial charge in [0.05, 0.1) is 17.3 Å². The van der Waals surface area contributed by atoms with Gasteiger partial charge in [-0.05, 0) is 25.1 Å². The summed E-state index contributed by atoms with van der Waals surface area (Å²) in [5.74, 6) is 1.55. The highest BCUT2D eigenvalue weighted by atomic mass is 35.5. The molecule has 2 heterocycles. The predicted molar refractivity (Wildman–Crippen MR) is 63.3 cm³/mol. The number of rotatable bonds is 3. The number of pyridine rings is 1. The van der Waals surface area contributed by atoms with E-state index in [4.69, 9.17) is 11.6 Å². The van der Waals surface area contributed by atoms with Gasteiger partial charge in [0, 0.05) is 12.4 Å². The lowest BCUT2D eigenvalue weighted by molar-refractivity contribution is 0.950. The first-order valence-corrected chi connectivity index (χ1v) is 5.26. The third-order valence-corrected chi connectivity index (χ3v) is 2.24. The van der Waals surface area contributed by atoms with E-state index in [9.17, 15) is 0 Å². The maximum atomic E-state index is 5.74. The number of nitrogens with one attached hydrogen (secondary N) is 1. The van der Waals surface area contributed by atoms with Gasteiger partial charge in [0.15, 0.2) is 0 Å². The second kappa shape index (κ2) is 4.90. The normalized spacial score (nSPS) is 10.1. The van der Waals surface area contributed by atoms with E-state index in [0.29, 0.717) is 11.6 Å². The SMILES string of the molecule is Cc1nccc(CNc2ccc(Cl)cn2)n1. The fraction of sp³-hybridized carbons (Fsp3) is 0.182. The average molecular weight is 235 g/mol. The Kier molecular flexibility index (Phi) is 3.31. The van der Waals surface area contributed by atoms with Crippen LogP contribution in [-0.2, 0) is 6.54 Å². The number of halogens is 1. The molecule has 0 aliphatic rings. The van der Waals surface area contributed by atoms with E-state index in [-0.39, 0.29) is 0 Å². The molecule has 0 radical (unpaired) electrons. The Morgan fingerprint density at radius 3 is 2.81 bits per heavy atom. The summed E-state index contributed by atoms with van der Waals surface area (Å²) in [7, 11) is 0. The Hall–Kier alpha value is -1.68. The summed E-state index contributed by atoms with van der Waals surface area (Å²) in [6.07, 6.45) is 3.35. The minimum Gasteiger partial charge on any atom is -0.364 e. The van der Waals surface area contributed by atoms with Crippen LogP contribution in [0.15, 0.2) is 30.6 Å². The molecule has 2 rings (SSSR count). The van der Waals surface area contributed by atoms with E-state index in [1.165, 1.54) is 0 Å². The minimum atomic E-state index is 0.623. The topological polar surface area (TPSA) is 50.7 Å². The van der Waals surface area contributed by atoms with Crippen LogP contribution < -0.4 is 5.32 Å². The molecule has 0 unspecified atom stereocenters. The molecule has 0 saturated heterocycles. The van der Waals surface area contributed by atoms with Crippen LogP contribution in [0.1, 0.15) is 11.5 Å². The number of aromatic nitrogens is 3. The van der Waals surface area contributed by atoms with E-state index in [0.717, 1.165) is 17.3 Å². The van der Waals surface area contributed by atoms with Crippen LogP contribution in [0.5, 0.6) is 0 Å². The molecule has 0 atom stereocenters. The average Bonchev–Trinajstić information content (AvgIpc) is 2.28. The van der Waals surface area contributed by atoms with Crippen LogP contribution in [0.2, 0.25) is 5.02 Å². The summed E-state index contributed by atoms with van der Waals surface area (Å²) in [6, 6.07) is 5.49. The standard InChI is InChI=1S/C11H11ClN4/c1-8-13-5-4-10(16-8)7-15-11-3-2-9(12)6-14-11/h2-6H,7H2,1H3,(H,14,15). The second-order valence-electron chi connectivity index (χ2n) is 3.31. The van der Waals surface area contributed by atoms with E-state index in [1.54, 1.807) is 18.5 Å². The van der Waals surface area contributed by atoms with Gasteiger partial charge >= 0.3 is 0 Å². The largest absolute Gasteiger partial charge is 0.364 e. The summed E-state index contributed by atoms with van der Waals surface area (Å²) in [5, 5.41) is 3.78. The number of anilines is 1. The van der Waals surface area contributed by atoms with E-state index in [1.807, 2.05) is 19.1 Å². The maximum Gasteiger partial charge on any atom is 0.126 e.